The molecule has 0 radical (unpaired) electrons. The van der Waals surface area contributed by atoms with E-state index in [9.17, 15) is 4.79 Å². The number of nitrogens with zero attached hydrogens (tertiary/aromatic N) is 2. The van der Waals surface area contributed by atoms with Crippen molar-refractivity contribution in [1.29, 1.82) is 0 Å². The molecule has 1 unspecified atom stereocenters. The zero-order valence-electron chi connectivity index (χ0n) is 9.77. The zero-order valence-corrected chi connectivity index (χ0v) is 9.77. The highest BCUT2D eigenvalue weighted by atomic mass is 16.4. The molecule has 0 spiro atoms. The van der Waals surface area contributed by atoms with Gasteiger partial charge >= 0.3 is 6.01 Å². The Morgan fingerprint density at radius 2 is 2.35 bits per heavy atom. The molecule has 1 aliphatic carbocycles. The van der Waals surface area contributed by atoms with E-state index in [-0.39, 0.29) is 11.9 Å². The van der Waals surface area contributed by atoms with E-state index in [0.29, 0.717) is 30.9 Å². The lowest BCUT2D eigenvalue weighted by Crippen LogP contribution is -2.27. The minimum absolute atomic E-state index is 0.0481. The third-order valence-corrected chi connectivity index (χ3v) is 2.40. The number of aromatic nitrogens is 2. The van der Waals surface area contributed by atoms with Gasteiger partial charge in [-0.25, -0.2) is 0 Å². The molecule has 1 heterocycles. The summed E-state index contributed by atoms with van der Waals surface area (Å²) in [5.41, 5.74) is 5.58. The van der Waals surface area contributed by atoms with E-state index in [0.717, 1.165) is 12.8 Å². The fraction of sp³-hybridized carbons (Fsp3) is 0.700. The summed E-state index contributed by atoms with van der Waals surface area (Å²) in [6, 6.07) is 0.420. The van der Waals surface area contributed by atoms with Gasteiger partial charge in [0.05, 0.1) is 6.04 Å². The summed E-state index contributed by atoms with van der Waals surface area (Å²) >= 11 is 0. The van der Waals surface area contributed by atoms with Crippen LogP contribution in [0, 0.1) is 0 Å². The van der Waals surface area contributed by atoms with Gasteiger partial charge in [0.1, 0.15) is 0 Å². The monoisotopic (exact) mass is 239 g/mol. The topological polar surface area (TPSA) is 106 Å². The molecule has 1 aromatic rings. The van der Waals surface area contributed by atoms with Crippen molar-refractivity contribution < 1.29 is 9.21 Å². The van der Waals surface area contributed by atoms with Crippen molar-refractivity contribution in [2.45, 2.75) is 38.3 Å². The largest absolute Gasteiger partial charge is 0.406 e. The Hall–Kier alpha value is -1.63. The van der Waals surface area contributed by atoms with Gasteiger partial charge < -0.3 is 20.8 Å². The Morgan fingerprint density at radius 1 is 1.59 bits per heavy atom. The van der Waals surface area contributed by atoms with Crippen molar-refractivity contribution in [3.8, 4) is 0 Å². The van der Waals surface area contributed by atoms with Crippen molar-refractivity contribution in [2.75, 3.05) is 11.9 Å². The average Bonchev–Trinajstić information content (AvgIpc) is 2.94. The van der Waals surface area contributed by atoms with Gasteiger partial charge in [-0.15, -0.1) is 5.10 Å². The van der Waals surface area contributed by atoms with Crippen LogP contribution in [-0.4, -0.2) is 28.7 Å². The normalized spacial score (nSPS) is 16.6. The predicted octanol–water partition coefficient (Wildman–Crippen LogP) is 0.170. The highest BCUT2D eigenvalue weighted by Crippen LogP contribution is 2.18. The van der Waals surface area contributed by atoms with Gasteiger partial charge in [0, 0.05) is 19.0 Å². The van der Waals surface area contributed by atoms with Gasteiger partial charge in [-0.1, -0.05) is 5.10 Å². The van der Waals surface area contributed by atoms with E-state index in [4.69, 9.17) is 10.2 Å². The molecule has 1 saturated carbocycles. The van der Waals surface area contributed by atoms with Crippen LogP contribution >= 0.6 is 0 Å². The summed E-state index contributed by atoms with van der Waals surface area (Å²) in [4.78, 5) is 11.4. The smallest absolute Gasteiger partial charge is 0.315 e. The van der Waals surface area contributed by atoms with Crippen LogP contribution in [0.15, 0.2) is 4.42 Å². The summed E-state index contributed by atoms with van der Waals surface area (Å²) < 4.78 is 5.23. The molecule has 4 N–H and O–H groups in total. The molecule has 1 fully saturated rings. The maximum Gasteiger partial charge on any atom is 0.315 e. The number of anilines is 1. The van der Waals surface area contributed by atoms with Crippen LogP contribution in [0.5, 0.6) is 0 Å². The highest BCUT2D eigenvalue weighted by molar-refractivity contribution is 5.77. The Labute approximate surface area is 99.1 Å². The maximum atomic E-state index is 11.4. The van der Waals surface area contributed by atoms with Crippen LogP contribution in [0.2, 0.25) is 0 Å². The van der Waals surface area contributed by atoms with Gasteiger partial charge in [0.25, 0.3) is 0 Å². The van der Waals surface area contributed by atoms with Gasteiger partial charge in [-0.05, 0) is 19.8 Å². The van der Waals surface area contributed by atoms with Crippen LogP contribution in [0.3, 0.4) is 0 Å². The van der Waals surface area contributed by atoms with Crippen LogP contribution in [0.25, 0.3) is 0 Å². The van der Waals surface area contributed by atoms with Gasteiger partial charge in [0.2, 0.25) is 11.8 Å². The Morgan fingerprint density at radius 3 is 2.94 bits per heavy atom. The van der Waals surface area contributed by atoms with E-state index in [1.807, 2.05) is 0 Å². The van der Waals surface area contributed by atoms with Crippen molar-refractivity contribution in [3.63, 3.8) is 0 Å². The summed E-state index contributed by atoms with van der Waals surface area (Å²) in [5.74, 6) is 0.432. The van der Waals surface area contributed by atoms with E-state index < -0.39 is 0 Å². The summed E-state index contributed by atoms with van der Waals surface area (Å²) in [6.07, 6.45) is 2.59. The first-order valence-electron chi connectivity index (χ1n) is 5.77. The number of nitrogens with two attached hydrogens (primary N) is 1. The Bertz CT molecular complexity index is 386. The lowest BCUT2D eigenvalue weighted by Gasteiger charge is -2.03. The van der Waals surface area contributed by atoms with E-state index in [2.05, 4.69) is 20.8 Å². The summed E-state index contributed by atoms with van der Waals surface area (Å²) in [6.45, 7) is 2.24. The first-order chi connectivity index (χ1) is 8.15. The number of nitrogens with one attached hydrogen (secondary N) is 2. The Kier molecular flexibility index (Phi) is 3.58. The molecule has 0 aliphatic heterocycles. The van der Waals surface area contributed by atoms with E-state index in [1.165, 1.54) is 0 Å². The number of carbonyl (C=O) groups excluding carboxylic acids is 1. The molecular weight excluding hydrogens is 222 g/mol. The molecule has 1 aromatic heterocycles. The van der Waals surface area contributed by atoms with E-state index >= 15 is 0 Å². The number of hydrogen-bond donors (Lipinski definition) is 3. The first kappa shape index (κ1) is 11.8. The van der Waals surface area contributed by atoms with Crippen molar-refractivity contribution >= 4 is 11.9 Å². The zero-order chi connectivity index (χ0) is 12.3. The molecule has 2 rings (SSSR count). The second-order valence-electron chi connectivity index (χ2n) is 4.25. The second-order valence-corrected chi connectivity index (χ2v) is 4.25. The summed E-state index contributed by atoms with van der Waals surface area (Å²) in [7, 11) is 0. The molecule has 7 heteroatoms. The van der Waals surface area contributed by atoms with Crippen LogP contribution in [0.1, 0.15) is 38.1 Å². The molecule has 17 heavy (non-hydrogen) atoms. The average molecular weight is 239 g/mol. The first-order valence-corrected chi connectivity index (χ1v) is 5.77. The van der Waals surface area contributed by atoms with Gasteiger partial charge in [-0.3, -0.25) is 4.79 Å². The van der Waals surface area contributed by atoms with Crippen molar-refractivity contribution in [3.05, 3.63) is 5.89 Å². The lowest BCUT2D eigenvalue weighted by atomic mass is 10.4. The number of carbonyl (C=O) groups is 1. The highest BCUT2D eigenvalue weighted by Gasteiger charge is 2.22. The minimum atomic E-state index is -0.281. The molecule has 0 saturated heterocycles. The van der Waals surface area contributed by atoms with Crippen molar-refractivity contribution in [1.82, 2.24) is 15.5 Å². The molecule has 1 aliphatic rings. The molecule has 94 valence electrons. The van der Waals surface area contributed by atoms with Crippen LogP contribution in [0.4, 0.5) is 6.01 Å². The number of amides is 1. The quantitative estimate of drug-likeness (QED) is 0.653. The number of hydrogen-bond acceptors (Lipinski definition) is 6. The fourth-order valence-electron chi connectivity index (χ4n) is 1.30. The molecule has 0 aromatic carbocycles. The van der Waals surface area contributed by atoms with E-state index in [1.54, 1.807) is 6.92 Å². The molecule has 7 nitrogen and oxygen atoms in total. The van der Waals surface area contributed by atoms with Gasteiger partial charge in [-0.2, -0.15) is 0 Å². The van der Waals surface area contributed by atoms with Gasteiger partial charge in [0.15, 0.2) is 0 Å². The lowest BCUT2D eigenvalue weighted by molar-refractivity contribution is -0.120. The third-order valence-electron chi connectivity index (χ3n) is 2.40. The fourth-order valence-corrected chi connectivity index (χ4v) is 1.30. The molecule has 1 amide bonds. The molecular formula is C10H17N5O2. The minimum Gasteiger partial charge on any atom is -0.406 e. The molecule has 0 bridgehead atoms. The molecule has 1 atom stereocenters. The Balaban J connectivity index is 1.67. The predicted molar refractivity (Wildman–Crippen MR) is 61.2 cm³/mol. The van der Waals surface area contributed by atoms with Crippen LogP contribution in [-0.2, 0) is 4.79 Å². The standard InChI is InChI=1S/C10H17N5O2/c1-6(11)9-14-15-10(17-9)12-5-4-8(16)13-7-2-3-7/h6-7H,2-5,11H2,1H3,(H,12,15)(H,13,16). The summed E-state index contributed by atoms with van der Waals surface area (Å²) in [5, 5.41) is 13.3. The van der Waals surface area contributed by atoms with Crippen LogP contribution < -0.4 is 16.4 Å². The SMILES string of the molecule is CC(N)c1nnc(NCCC(=O)NC2CC2)o1. The number of rotatable bonds is 6. The second kappa shape index (κ2) is 5.13. The van der Waals surface area contributed by atoms with Crippen molar-refractivity contribution in [2.24, 2.45) is 5.73 Å². The maximum absolute atomic E-state index is 11.4. The third kappa shape index (κ3) is 3.70.